The monoisotopic (exact) mass is 241 g/mol. The Hall–Kier alpha value is -2.05. The molecule has 0 aliphatic heterocycles. The third kappa shape index (κ3) is 3.78. The molecule has 7 nitrogen and oxygen atoms in total. The van der Waals surface area contributed by atoms with E-state index >= 15 is 0 Å². The highest BCUT2D eigenvalue weighted by atomic mass is 16.6. The number of hydrogen-bond donors (Lipinski definition) is 2. The van der Waals surface area contributed by atoms with Crippen LogP contribution in [-0.4, -0.2) is 28.3 Å². The molecule has 0 aliphatic carbocycles. The topological polar surface area (TPSA) is 97.0 Å². The SMILES string of the molecule is Cc1noc(/C=N/O)c1NC(=O)OC(C)(C)C. The van der Waals surface area contributed by atoms with Crippen molar-refractivity contribution in [3.63, 3.8) is 0 Å². The molecule has 0 saturated heterocycles. The molecule has 0 fully saturated rings. The first-order valence-electron chi connectivity index (χ1n) is 4.97. The minimum absolute atomic E-state index is 0.149. The maximum Gasteiger partial charge on any atom is 0.412 e. The summed E-state index contributed by atoms with van der Waals surface area (Å²) in [7, 11) is 0. The molecule has 1 aromatic heterocycles. The highest BCUT2D eigenvalue weighted by Gasteiger charge is 2.20. The lowest BCUT2D eigenvalue weighted by Crippen LogP contribution is -2.27. The summed E-state index contributed by atoms with van der Waals surface area (Å²) in [5.41, 5.74) is 0.184. The van der Waals surface area contributed by atoms with Crippen molar-refractivity contribution in [2.45, 2.75) is 33.3 Å². The molecule has 94 valence electrons. The molecule has 7 heteroatoms. The first kappa shape index (κ1) is 13.0. The van der Waals surface area contributed by atoms with E-state index in [9.17, 15) is 4.79 Å². The molecular weight excluding hydrogens is 226 g/mol. The number of carbonyl (C=O) groups is 1. The number of hydrogen-bond acceptors (Lipinski definition) is 6. The van der Waals surface area contributed by atoms with Gasteiger partial charge in [-0.2, -0.15) is 0 Å². The number of aryl methyl sites for hydroxylation is 1. The minimum atomic E-state index is -0.628. The van der Waals surface area contributed by atoms with E-state index in [2.05, 4.69) is 15.6 Å². The van der Waals surface area contributed by atoms with Gasteiger partial charge in [0.25, 0.3) is 0 Å². The molecule has 0 aliphatic rings. The number of nitrogens with zero attached hydrogens (tertiary/aromatic N) is 2. The van der Waals surface area contributed by atoms with Gasteiger partial charge in [-0.1, -0.05) is 10.3 Å². The summed E-state index contributed by atoms with van der Waals surface area (Å²) in [6.07, 6.45) is 0.406. The van der Waals surface area contributed by atoms with Crippen molar-refractivity contribution in [2.24, 2.45) is 5.16 Å². The molecule has 1 amide bonds. The van der Waals surface area contributed by atoms with Crippen LogP contribution in [0, 0.1) is 6.92 Å². The Balaban J connectivity index is 2.81. The van der Waals surface area contributed by atoms with E-state index in [0.29, 0.717) is 11.4 Å². The minimum Gasteiger partial charge on any atom is -0.444 e. The number of anilines is 1. The summed E-state index contributed by atoms with van der Waals surface area (Å²) in [5, 5.41) is 17.3. The van der Waals surface area contributed by atoms with Crippen LogP contribution in [0.5, 0.6) is 0 Å². The van der Waals surface area contributed by atoms with Gasteiger partial charge in [0, 0.05) is 0 Å². The standard InChI is InChI=1S/C10H15N3O4/c1-6-8(7(5-11-15)17-13-6)12-9(14)16-10(2,3)4/h5,15H,1-4H3,(H,12,14)/b11-5+. The fraction of sp³-hybridized carbons (Fsp3) is 0.500. The molecule has 0 atom stereocenters. The van der Waals surface area contributed by atoms with Gasteiger partial charge in [-0.15, -0.1) is 0 Å². The smallest absolute Gasteiger partial charge is 0.412 e. The van der Waals surface area contributed by atoms with E-state index < -0.39 is 11.7 Å². The number of aromatic nitrogens is 1. The number of carbonyl (C=O) groups excluding carboxylic acids is 1. The quantitative estimate of drug-likeness (QED) is 0.469. The number of oxime groups is 1. The van der Waals surface area contributed by atoms with E-state index in [4.69, 9.17) is 14.5 Å². The van der Waals surface area contributed by atoms with E-state index in [1.54, 1.807) is 27.7 Å². The van der Waals surface area contributed by atoms with Crippen LogP contribution in [0.3, 0.4) is 0 Å². The van der Waals surface area contributed by atoms with E-state index in [-0.39, 0.29) is 5.76 Å². The summed E-state index contributed by atoms with van der Waals surface area (Å²) < 4.78 is 9.91. The molecule has 0 unspecified atom stereocenters. The second kappa shape index (κ2) is 4.86. The molecule has 0 aromatic carbocycles. The fourth-order valence-corrected chi connectivity index (χ4v) is 1.09. The Morgan fingerprint density at radius 2 is 2.24 bits per heavy atom. The first-order valence-corrected chi connectivity index (χ1v) is 4.97. The Morgan fingerprint density at radius 1 is 1.59 bits per heavy atom. The van der Waals surface area contributed by atoms with Gasteiger partial charge in [-0.25, -0.2) is 4.79 Å². The summed E-state index contributed by atoms with van der Waals surface area (Å²) in [6, 6.07) is 0. The molecule has 2 N–H and O–H groups in total. The highest BCUT2D eigenvalue weighted by Crippen LogP contribution is 2.19. The van der Waals surface area contributed by atoms with Crippen molar-refractivity contribution in [3.05, 3.63) is 11.5 Å². The van der Waals surface area contributed by atoms with Gasteiger partial charge in [0.2, 0.25) is 5.76 Å². The molecule has 1 rings (SSSR count). The lowest BCUT2D eigenvalue weighted by atomic mass is 10.2. The number of rotatable bonds is 2. The summed E-state index contributed by atoms with van der Waals surface area (Å²) >= 11 is 0. The molecular formula is C10H15N3O4. The van der Waals surface area contributed by atoms with Gasteiger partial charge in [0.15, 0.2) is 0 Å². The van der Waals surface area contributed by atoms with Gasteiger partial charge in [-0.3, -0.25) is 5.32 Å². The summed E-state index contributed by atoms with van der Waals surface area (Å²) in [6.45, 7) is 6.90. The van der Waals surface area contributed by atoms with Gasteiger partial charge >= 0.3 is 6.09 Å². The second-order valence-electron chi connectivity index (χ2n) is 4.38. The van der Waals surface area contributed by atoms with Crippen LogP contribution in [0.2, 0.25) is 0 Å². The second-order valence-corrected chi connectivity index (χ2v) is 4.38. The van der Waals surface area contributed by atoms with Crippen molar-refractivity contribution in [1.29, 1.82) is 0 Å². The molecule has 0 spiro atoms. The third-order valence-corrected chi connectivity index (χ3v) is 1.69. The Labute approximate surface area is 98.4 Å². The zero-order valence-electron chi connectivity index (χ0n) is 10.1. The molecule has 17 heavy (non-hydrogen) atoms. The predicted molar refractivity (Wildman–Crippen MR) is 60.5 cm³/mol. The van der Waals surface area contributed by atoms with Crippen molar-refractivity contribution in [3.8, 4) is 0 Å². The summed E-state index contributed by atoms with van der Waals surface area (Å²) in [5.74, 6) is 0.149. The average molecular weight is 241 g/mol. The van der Waals surface area contributed by atoms with E-state index in [1.807, 2.05) is 0 Å². The maximum atomic E-state index is 11.5. The number of ether oxygens (including phenoxy) is 1. The first-order chi connectivity index (χ1) is 7.83. The van der Waals surface area contributed by atoms with Crippen LogP contribution < -0.4 is 5.32 Å². The van der Waals surface area contributed by atoms with Crippen molar-refractivity contribution < 1.29 is 19.3 Å². The van der Waals surface area contributed by atoms with Gasteiger partial charge in [0.1, 0.15) is 23.2 Å². The largest absolute Gasteiger partial charge is 0.444 e. The van der Waals surface area contributed by atoms with Crippen LogP contribution in [0.4, 0.5) is 10.5 Å². The van der Waals surface area contributed by atoms with Crippen LogP contribution in [-0.2, 0) is 4.74 Å². The maximum absolute atomic E-state index is 11.5. The molecule has 0 bridgehead atoms. The third-order valence-electron chi connectivity index (χ3n) is 1.69. The molecule has 1 aromatic rings. The predicted octanol–water partition coefficient (Wildman–Crippen LogP) is 2.14. The molecule has 0 saturated carbocycles. The Kier molecular flexibility index (Phi) is 3.72. The fourth-order valence-electron chi connectivity index (χ4n) is 1.09. The van der Waals surface area contributed by atoms with Gasteiger partial charge in [-0.05, 0) is 27.7 Å². The molecule has 0 radical (unpaired) electrons. The lowest BCUT2D eigenvalue weighted by Gasteiger charge is -2.19. The zero-order chi connectivity index (χ0) is 13.1. The number of nitrogens with one attached hydrogen (secondary N) is 1. The summed E-state index contributed by atoms with van der Waals surface area (Å²) in [4.78, 5) is 11.5. The lowest BCUT2D eigenvalue weighted by molar-refractivity contribution is 0.0635. The van der Waals surface area contributed by atoms with Crippen LogP contribution in [0.15, 0.2) is 9.68 Å². The average Bonchev–Trinajstić information content (AvgIpc) is 2.47. The van der Waals surface area contributed by atoms with Crippen LogP contribution in [0.1, 0.15) is 32.2 Å². The normalized spacial score (nSPS) is 11.8. The Bertz CT molecular complexity index is 431. The van der Waals surface area contributed by atoms with Gasteiger partial charge < -0.3 is 14.5 Å². The van der Waals surface area contributed by atoms with Crippen LogP contribution >= 0.6 is 0 Å². The van der Waals surface area contributed by atoms with Crippen molar-refractivity contribution in [1.82, 2.24) is 5.16 Å². The van der Waals surface area contributed by atoms with Gasteiger partial charge in [0.05, 0.1) is 0 Å². The van der Waals surface area contributed by atoms with Crippen molar-refractivity contribution in [2.75, 3.05) is 5.32 Å². The Morgan fingerprint density at radius 3 is 2.76 bits per heavy atom. The number of amides is 1. The highest BCUT2D eigenvalue weighted by molar-refractivity contribution is 5.93. The van der Waals surface area contributed by atoms with Crippen molar-refractivity contribution >= 4 is 18.0 Å². The molecule has 1 heterocycles. The van der Waals surface area contributed by atoms with E-state index in [0.717, 1.165) is 6.21 Å². The van der Waals surface area contributed by atoms with E-state index in [1.165, 1.54) is 0 Å². The van der Waals surface area contributed by atoms with Crippen LogP contribution in [0.25, 0.3) is 0 Å². The zero-order valence-corrected chi connectivity index (χ0v) is 10.1.